The molecule has 0 amide bonds. The van der Waals surface area contributed by atoms with Gasteiger partial charge in [-0.1, -0.05) is 0 Å². The van der Waals surface area contributed by atoms with E-state index in [1.807, 2.05) is 19.1 Å². The van der Waals surface area contributed by atoms with Gasteiger partial charge in [-0.2, -0.15) is 9.47 Å². The van der Waals surface area contributed by atoms with Crippen LogP contribution in [0.25, 0.3) is 27.3 Å². The zero-order valence-electron chi connectivity index (χ0n) is 16.0. The van der Waals surface area contributed by atoms with Crippen LogP contribution in [0.4, 0.5) is 5.82 Å². The van der Waals surface area contributed by atoms with Gasteiger partial charge >= 0.3 is 0 Å². The lowest BCUT2D eigenvalue weighted by atomic mass is 10.2. The number of nitrogens with one attached hydrogen (secondary N) is 1. The molecule has 0 bridgehead atoms. The number of aryl methyl sites for hydroxylation is 1. The van der Waals surface area contributed by atoms with E-state index in [0.717, 1.165) is 45.3 Å². The second-order valence-corrected chi connectivity index (χ2v) is 7.79. The molecule has 5 heterocycles. The molecule has 1 aliphatic heterocycles. The average molecular weight is 412 g/mol. The highest BCUT2D eigenvalue weighted by Gasteiger charge is 2.24. The Labute approximate surface area is 170 Å². The maximum Gasteiger partial charge on any atom is 0.176 e. The Morgan fingerprint density at radius 1 is 1.38 bits per heavy atom. The van der Waals surface area contributed by atoms with Crippen molar-refractivity contribution in [2.75, 3.05) is 24.7 Å². The molecule has 0 radical (unpaired) electrons. The molecule has 4 aromatic heterocycles. The van der Waals surface area contributed by atoms with Gasteiger partial charge in [0.15, 0.2) is 5.82 Å². The molecule has 150 valence electrons. The van der Waals surface area contributed by atoms with Crippen molar-refractivity contribution >= 4 is 27.6 Å². The van der Waals surface area contributed by atoms with Crippen LogP contribution in [0, 0.1) is 6.92 Å². The normalized spacial score (nSPS) is 17.3. The van der Waals surface area contributed by atoms with Crippen molar-refractivity contribution in [1.29, 1.82) is 0 Å². The van der Waals surface area contributed by atoms with Gasteiger partial charge in [0.05, 0.1) is 36.3 Å². The fourth-order valence-corrected chi connectivity index (χ4v) is 4.32. The van der Waals surface area contributed by atoms with Gasteiger partial charge in [-0.3, -0.25) is 5.10 Å². The second-order valence-electron chi connectivity index (χ2n) is 7.01. The largest absolute Gasteiger partial charge is 0.388 e. The predicted molar refractivity (Wildman–Crippen MR) is 108 cm³/mol. The van der Waals surface area contributed by atoms with E-state index in [1.165, 1.54) is 11.5 Å². The van der Waals surface area contributed by atoms with Crippen molar-refractivity contribution in [3.8, 4) is 17.1 Å². The summed E-state index contributed by atoms with van der Waals surface area (Å²) in [5, 5.41) is 21.0. The van der Waals surface area contributed by atoms with Crippen LogP contribution < -0.4 is 4.90 Å². The lowest BCUT2D eigenvalue weighted by molar-refractivity contribution is 0.0986. The van der Waals surface area contributed by atoms with Crippen LogP contribution in [0.5, 0.6) is 0 Å². The summed E-state index contributed by atoms with van der Waals surface area (Å²) < 4.78 is 12.8. The van der Waals surface area contributed by atoms with Crippen LogP contribution in [-0.4, -0.2) is 65.2 Å². The van der Waals surface area contributed by atoms with Gasteiger partial charge in [0.25, 0.3) is 0 Å². The molecule has 1 fully saturated rings. The molecule has 4 aromatic rings. The maximum absolute atomic E-state index is 9.37. The molecule has 0 unspecified atom stereocenters. The molecule has 0 aliphatic carbocycles. The van der Waals surface area contributed by atoms with Gasteiger partial charge in [0, 0.05) is 12.6 Å². The zero-order chi connectivity index (χ0) is 20.0. The van der Waals surface area contributed by atoms with E-state index in [9.17, 15) is 5.11 Å². The molecule has 2 N–H and O–H groups in total. The topological polar surface area (TPSA) is 118 Å². The number of hydrogen-bond acceptors (Lipinski definition) is 9. The number of ether oxygens (including phenoxy) is 1. The van der Waals surface area contributed by atoms with Crippen LogP contribution in [0.2, 0.25) is 0 Å². The summed E-state index contributed by atoms with van der Waals surface area (Å²) in [6.45, 7) is 5.91. The Hall–Kier alpha value is -2.89. The molecule has 11 heteroatoms. The SMILES string of the molecule is Cc1cc(-c2nsc3c(-n4cnc(CO)n4)cc(N4CCOC[C@H]4C)nc23)[nH]n1. The number of pyridine rings is 1. The third kappa shape index (κ3) is 3.16. The minimum Gasteiger partial charge on any atom is -0.388 e. The molecular formula is C18H20N8O2S. The Bertz CT molecular complexity index is 1170. The second kappa shape index (κ2) is 7.17. The molecular weight excluding hydrogens is 392 g/mol. The quantitative estimate of drug-likeness (QED) is 0.520. The van der Waals surface area contributed by atoms with Crippen LogP contribution >= 0.6 is 11.5 Å². The Morgan fingerprint density at radius 3 is 3.00 bits per heavy atom. The number of hydrogen-bond donors (Lipinski definition) is 2. The first-order chi connectivity index (χ1) is 14.1. The fraction of sp³-hybridized carbons (Fsp3) is 0.389. The van der Waals surface area contributed by atoms with Gasteiger partial charge in [0.2, 0.25) is 0 Å². The van der Waals surface area contributed by atoms with Gasteiger partial charge < -0.3 is 14.7 Å². The number of H-pyrrole nitrogens is 1. The van der Waals surface area contributed by atoms with E-state index < -0.39 is 0 Å². The predicted octanol–water partition coefficient (Wildman–Crippen LogP) is 1.69. The Balaban J connectivity index is 1.72. The van der Waals surface area contributed by atoms with E-state index in [-0.39, 0.29) is 12.6 Å². The van der Waals surface area contributed by atoms with Crippen molar-refractivity contribution in [2.45, 2.75) is 26.5 Å². The number of aliphatic hydroxyl groups is 1. The average Bonchev–Trinajstić information content (AvgIpc) is 3.46. The highest BCUT2D eigenvalue weighted by molar-refractivity contribution is 7.14. The highest BCUT2D eigenvalue weighted by atomic mass is 32.1. The van der Waals surface area contributed by atoms with Gasteiger partial charge in [-0.25, -0.2) is 14.6 Å². The molecule has 5 rings (SSSR count). The van der Waals surface area contributed by atoms with Gasteiger partial charge in [0.1, 0.15) is 34.7 Å². The van der Waals surface area contributed by atoms with E-state index in [0.29, 0.717) is 19.0 Å². The first kappa shape index (κ1) is 18.2. The maximum atomic E-state index is 9.37. The first-order valence-corrected chi connectivity index (χ1v) is 10.1. The van der Waals surface area contributed by atoms with Crippen molar-refractivity contribution < 1.29 is 9.84 Å². The molecule has 1 atom stereocenters. The summed E-state index contributed by atoms with van der Waals surface area (Å²) in [5.41, 5.74) is 4.09. The number of nitrogens with zero attached hydrogens (tertiary/aromatic N) is 7. The van der Waals surface area contributed by atoms with Crippen LogP contribution in [0.15, 0.2) is 18.5 Å². The minimum absolute atomic E-state index is 0.203. The van der Waals surface area contributed by atoms with Crippen LogP contribution in [0.1, 0.15) is 18.4 Å². The minimum atomic E-state index is -0.212. The summed E-state index contributed by atoms with van der Waals surface area (Å²) in [6, 6.07) is 4.16. The summed E-state index contributed by atoms with van der Waals surface area (Å²) >= 11 is 1.36. The van der Waals surface area contributed by atoms with E-state index >= 15 is 0 Å². The van der Waals surface area contributed by atoms with Crippen LogP contribution in [-0.2, 0) is 11.3 Å². The molecule has 29 heavy (non-hydrogen) atoms. The number of aromatic amines is 1. The van der Waals surface area contributed by atoms with E-state index in [2.05, 4.69) is 36.5 Å². The monoisotopic (exact) mass is 412 g/mol. The molecule has 1 aliphatic rings. The van der Waals surface area contributed by atoms with Gasteiger partial charge in [-0.15, -0.1) is 5.10 Å². The molecule has 1 saturated heterocycles. The van der Waals surface area contributed by atoms with Crippen molar-refractivity contribution in [1.82, 2.24) is 34.3 Å². The number of anilines is 1. The summed E-state index contributed by atoms with van der Waals surface area (Å²) in [5.74, 6) is 1.20. The van der Waals surface area contributed by atoms with Crippen molar-refractivity contribution in [3.63, 3.8) is 0 Å². The van der Waals surface area contributed by atoms with E-state index in [1.54, 1.807) is 11.0 Å². The van der Waals surface area contributed by atoms with Gasteiger partial charge in [-0.05, 0) is 31.4 Å². The standard InChI is InChI=1S/C18H20N8O2S/c1-10-5-12(22-21-10)16-17-18(29-24-16)13(26-9-19-14(7-27)23-26)6-15(20-17)25-3-4-28-8-11(25)2/h5-6,9,11,27H,3-4,7-8H2,1-2H3,(H,21,22)/t11-/m1/s1. The molecule has 0 aromatic carbocycles. The lowest BCUT2D eigenvalue weighted by Crippen LogP contribution is -2.44. The van der Waals surface area contributed by atoms with Crippen molar-refractivity contribution in [3.05, 3.63) is 30.0 Å². The number of aromatic nitrogens is 7. The Morgan fingerprint density at radius 2 is 2.28 bits per heavy atom. The number of rotatable bonds is 4. The molecule has 10 nitrogen and oxygen atoms in total. The summed E-state index contributed by atoms with van der Waals surface area (Å²) in [7, 11) is 0. The molecule has 0 spiro atoms. The summed E-state index contributed by atoms with van der Waals surface area (Å²) in [6.07, 6.45) is 1.60. The number of fused-ring (bicyclic) bond motifs is 1. The number of morpholine rings is 1. The summed E-state index contributed by atoms with van der Waals surface area (Å²) in [4.78, 5) is 11.4. The smallest absolute Gasteiger partial charge is 0.176 e. The third-order valence-corrected chi connectivity index (χ3v) is 5.80. The Kier molecular flexibility index (Phi) is 4.49. The number of aliphatic hydroxyl groups excluding tert-OH is 1. The first-order valence-electron chi connectivity index (χ1n) is 9.33. The molecule has 0 saturated carbocycles. The van der Waals surface area contributed by atoms with Crippen molar-refractivity contribution in [2.24, 2.45) is 0 Å². The van der Waals surface area contributed by atoms with E-state index in [4.69, 9.17) is 9.72 Å². The van der Waals surface area contributed by atoms with Crippen LogP contribution in [0.3, 0.4) is 0 Å². The third-order valence-electron chi connectivity index (χ3n) is 4.94. The lowest BCUT2D eigenvalue weighted by Gasteiger charge is -2.34. The zero-order valence-corrected chi connectivity index (χ0v) is 16.8. The fourth-order valence-electron chi connectivity index (χ4n) is 3.48. The highest BCUT2D eigenvalue weighted by Crippen LogP contribution is 2.35.